The summed E-state index contributed by atoms with van der Waals surface area (Å²) in [5, 5.41) is 2.97. The molecule has 1 aliphatic heterocycles. The van der Waals surface area contributed by atoms with Crippen LogP contribution >= 0.6 is 0 Å². The van der Waals surface area contributed by atoms with Crippen LogP contribution < -0.4 is 11.1 Å². The van der Waals surface area contributed by atoms with Crippen molar-refractivity contribution in [3.63, 3.8) is 0 Å². The van der Waals surface area contributed by atoms with Gasteiger partial charge in [-0.15, -0.1) is 0 Å². The van der Waals surface area contributed by atoms with E-state index < -0.39 is 0 Å². The predicted octanol–water partition coefficient (Wildman–Crippen LogP) is 0.972. The monoisotopic (exact) mass is 261 g/mol. The number of hydrogen-bond acceptors (Lipinski definition) is 3. The van der Waals surface area contributed by atoms with E-state index in [1.165, 1.54) is 0 Å². The van der Waals surface area contributed by atoms with Gasteiger partial charge in [-0.05, 0) is 31.4 Å². The minimum Gasteiger partial charge on any atom is -0.351 e. The average Bonchev–Trinajstić information content (AvgIpc) is 2.78. The number of carbonyl (C=O) groups excluding carboxylic acids is 1. The molecule has 19 heavy (non-hydrogen) atoms. The first-order chi connectivity index (χ1) is 9.19. The van der Waals surface area contributed by atoms with E-state index in [0.717, 1.165) is 18.5 Å². The molecule has 0 spiro atoms. The molecule has 1 saturated heterocycles. The van der Waals surface area contributed by atoms with Crippen molar-refractivity contribution in [2.75, 3.05) is 19.6 Å². The first kappa shape index (κ1) is 14.0. The lowest BCUT2D eigenvalue weighted by Crippen LogP contribution is -2.39. The van der Waals surface area contributed by atoms with Crippen LogP contribution in [0.5, 0.6) is 0 Å². The molecule has 0 aromatic heterocycles. The second-order valence-electron chi connectivity index (χ2n) is 5.38. The number of rotatable bonds is 5. The molecule has 0 aliphatic carbocycles. The molecule has 0 radical (unpaired) electrons. The molecule has 1 heterocycles. The van der Waals surface area contributed by atoms with Crippen LogP contribution in [0.25, 0.3) is 0 Å². The number of likely N-dealkylation sites (tertiary alicyclic amines) is 1. The van der Waals surface area contributed by atoms with Crippen molar-refractivity contribution in [3.05, 3.63) is 35.9 Å². The lowest BCUT2D eigenvalue weighted by Gasteiger charge is -2.20. The van der Waals surface area contributed by atoms with Crippen LogP contribution in [-0.4, -0.2) is 36.5 Å². The van der Waals surface area contributed by atoms with Gasteiger partial charge in [0.25, 0.3) is 0 Å². The van der Waals surface area contributed by atoms with Crippen molar-refractivity contribution >= 4 is 5.91 Å². The SMILES string of the molecule is CC1CC(CN)CN1CC(=O)NCc1ccccc1. The number of nitrogens with one attached hydrogen (secondary N) is 1. The van der Waals surface area contributed by atoms with Gasteiger partial charge in [-0.3, -0.25) is 9.69 Å². The third kappa shape index (κ3) is 4.04. The summed E-state index contributed by atoms with van der Waals surface area (Å²) in [5.74, 6) is 0.630. The number of nitrogens with zero attached hydrogens (tertiary/aromatic N) is 1. The van der Waals surface area contributed by atoms with Gasteiger partial charge in [-0.25, -0.2) is 0 Å². The van der Waals surface area contributed by atoms with E-state index in [0.29, 0.717) is 31.6 Å². The average molecular weight is 261 g/mol. The Labute approximate surface area is 115 Å². The number of amides is 1. The summed E-state index contributed by atoms with van der Waals surface area (Å²) >= 11 is 0. The maximum absolute atomic E-state index is 11.9. The molecule has 1 aromatic rings. The topological polar surface area (TPSA) is 58.4 Å². The van der Waals surface area contributed by atoms with Crippen LogP contribution in [0.1, 0.15) is 18.9 Å². The Hall–Kier alpha value is -1.39. The zero-order valence-electron chi connectivity index (χ0n) is 11.5. The molecule has 0 bridgehead atoms. The van der Waals surface area contributed by atoms with Crippen LogP contribution in [0.4, 0.5) is 0 Å². The van der Waals surface area contributed by atoms with E-state index >= 15 is 0 Å². The largest absolute Gasteiger partial charge is 0.351 e. The van der Waals surface area contributed by atoms with Crippen molar-refractivity contribution in [1.82, 2.24) is 10.2 Å². The van der Waals surface area contributed by atoms with Crippen molar-refractivity contribution in [2.24, 2.45) is 11.7 Å². The zero-order chi connectivity index (χ0) is 13.7. The highest BCUT2D eigenvalue weighted by molar-refractivity contribution is 5.78. The summed E-state index contributed by atoms with van der Waals surface area (Å²) in [7, 11) is 0. The smallest absolute Gasteiger partial charge is 0.234 e. The number of carbonyl (C=O) groups is 1. The van der Waals surface area contributed by atoms with Crippen molar-refractivity contribution < 1.29 is 4.79 Å². The van der Waals surface area contributed by atoms with Gasteiger partial charge in [0.2, 0.25) is 5.91 Å². The van der Waals surface area contributed by atoms with Gasteiger partial charge in [0.15, 0.2) is 0 Å². The van der Waals surface area contributed by atoms with E-state index in [4.69, 9.17) is 5.73 Å². The molecule has 104 valence electrons. The first-order valence-corrected chi connectivity index (χ1v) is 6.93. The minimum absolute atomic E-state index is 0.0911. The van der Waals surface area contributed by atoms with E-state index in [1.54, 1.807) is 0 Å². The first-order valence-electron chi connectivity index (χ1n) is 6.93. The van der Waals surface area contributed by atoms with Crippen LogP contribution in [0.3, 0.4) is 0 Å². The fourth-order valence-corrected chi connectivity index (χ4v) is 2.65. The normalized spacial score (nSPS) is 23.5. The highest BCUT2D eigenvalue weighted by atomic mass is 16.2. The molecule has 1 amide bonds. The predicted molar refractivity (Wildman–Crippen MR) is 76.5 cm³/mol. The van der Waals surface area contributed by atoms with Crippen LogP contribution in [0.15, 0.2) is 30.3 Å². The third-order valence-corrected chi connectivity index (χ3v) is 3.80. The fraction of sp³-hybridized carbons (Fsp3) is 0.533. The standard InChI is InChI=1S/C15H23N3O/c1-12-7-14(8-16)10-18(12)11-15(19)17-9-13-5-3-2-4-6-13/h2-6,12,14H,7-11,16H2,1H3,(H,17,19). The molecule has 3 N–H and O–H groups in total. The number of nitrogens with two attached hydrogens (primary N) is 1. The Morgan fingerprint density at radius 3 is 2.79 bits per heavy atom. The summed E-state index contributed by atoms with van der Waals surface area (Å²) in [6.07, 6.45) is 1.10. The third-order valence-electron chi connectivity index (χ3n) is 3.80. The van der Waals surface area contributed by atoms with Gasteiger partial charge in [0.05, 0.1) is 6.54 Å². The van der Waals surface area contributed by atoms with Gasteiger partial charge in [0.1, 0.15) is 0 Å². The Balaban J connectivity index is 1.76. The zero-order valence-corrected chi connectivity index (χ0v) is 11.5. The molecule has 2 unspecified atom stereocenters. The van der Waals surface area contributed by atoms with Gasteiger partial charge < -0.3 is 11.1 Å². The minimum atomic E-state index is 0.0911. The summed E-state index contributed by atoms with van der Waals surface area (Å²) in [6.45, 7) is 4.90. The molecular weight excluding hydrogens is 238 g/mol. The number of benzene rings is 1. The highest BCUT2D eigenvalue weighted by Crippen LogP contribution is 2.21. The van der Waals surface area contributed by atoms with Crippen LogP contribution in [0, 0.1) is 5.92 Å². The van der Waals surface area contributed by atoms with Gasteiger partial charge in [0, 0.05) is 19.1 Å². The molecule has 0 saturated carbocycles. The van der Waals surface area contributed by atoms with Crippen molar-refractivity contribution in [1.29, 1.82) is 0 Å². The van der Waals surface area contributed by atoms with E-state index in [1.807, 2.05) is 30.3 Å². The van der Waals surface area contributed by atoms with Gasteiger partial charge in [-0.1, -0.05) is 30.3 Å². The highest BCUT2D eigenvalue weighted by Gasteiger charge is 2.29. The second-order valence-corrected chi connectivity index (χ2v) is 5.38. The van der Waals surface area contributed by atoms with E-state index in [-0.39, 0.29) is 5.91 Å². The summed E-state index contributed by atoms with van der Waals surface area (Å²) in [5.41, 5.74) is 6.83. The maximum atomic E-state index is 11.9. The number of hydrogen-bond donors (Lipinski definition) is 2. The Morgan fingerprint density at radius 1 is 1.42 bits per heavy atom. The van der Waals surface area contributed by atoms with Gasteiger partial charge in [-0.2, -0.15) is 0 Å². The quantitative estimate of drug-likeness (QED) is 0.830. The molecule has 2 rings (SSSR count). The molecule has 4 nitrogen and oxygen atoms in total. The van der Waals surface area contributed by atoms with Crippen molar-refractivity contribution in [3.8, 4) is 0 Å². The van der Waals surface area contributed by atoms with E-state index in [9.17, 15) is 4.79 Å². The summed E-state index contributed by atoms with van der Waals surface area (Å²) < 4.78 is 0. The summed E-state index contributed by atoms with van der Waals surface area (Å²) in [6, 6.07) is 10.4. The lowest BCUT2D eigenvalue weighted by molar-refractivity contribution is -0.122. The molecule has 1 aromatic carbocycles. The van der Waals surface area contributed by atoms with Gasteiger partial charge >= 0.3 is 0 Å². The van der Waals surface area contributed by atoms with Crippen LogP contribution in [0.2, 0.25) is 0 Å². The molecule has 1 fully saturated rings. The van der Waals surface area contributed by atoms with Crippen LogP contribution in [-0.2, 0) is 11.3 Å². The lowest BCUT2D eigenvalue weighted by atomic mass is 10.1. The Morgan fingerprint density at radius 2 is 2.16 bits per heavy atom. The molecule has 1 aliphatic rings. The Kier molecular flexibility index (Phi) is 4.93. The second kappa shape index (κ2) is 6.68. The summed E-state index contributed by atoms with van der Waals surface area (Å²) in [4.78, 5) is 14.1. The van der Waals surface area contributed by atoms with E-state index in [2.05, 4.69) is 17.1 Å². The maximum Gasteiger partial charge on any atom is 0.234 e. The molecular formula is C15H23N3O. The van der Waals surface area contributed by atoms with Crippen molar-refractivity contribution in [2.45, 2.75) is 25.9 Å². The Bertz CT molecular complexity index is 407. The molecule has 2 atom stereocenters. The fourth-order valence-electron chi connectivity index (χ4n) is 2.65. The molecule has 4 heteroatoms.